The molecule has 1 N–H and O–H groups in total. The summed E-state index contributed by atoms with van der Waals surface area (Å²) in [4.78, 5) is 14.6. The summed E-state index contributed by atoms with van der Waals surface area (Å²) in [5, 5.41) is 8.74. The first-order valence-electron chi connectivity index (χ1n) is 5.53. The summed E-state index contributed by atoms with van der Waals surface area (Å²) in [6, 6.07) is 5.41. The van der Waals surface area contributed by atoms with Gasteiger partial charge in [0.15, 0.2) is 17.4 Å². The number of carbonyl (C=O) groups is 1. The number of benzene rings is 1. The highest BCUT2D eigenvalue weighted by Gasteiger charge is 2.12. The minimum absolute atomic E-state index is 0.171. The highest BCUT2D eigenvalue weighted by atomic mass is 16.5. The highest BCUT2D eigenvalue weighted by molar-refractivity contribution is 5.83. The predicted octanol–water partition coefficient (Wildman–Crippen LogP) is 1.98. The maximum atomic E-state index is 10.7. The standard InChI is InChI=1S/C13H13NO5/c1-17-9-4-3-8(5-10(9)18-2)6-12-14-7-11(19-12)13(15)16/h3-5,7H,6H2,1-2H3,(H,15,16). The maximum Gasteiger partial charge on any atom is 0.373 e. The second-order valence-electron chi connectivity index (χ2n) is 3.79. The van der Waals surface area contributed by atoms with E-state index in [-0.39, 0.29) is 5.76 Å². The number of rotatable bonds is 5. The lowest BCUT2D eigenvalue weighted by Gasteiger charge is -2.08. The van der Waals surface area contributed by atoms with Gasteiger partial charge in [0, 0.05) is 6.42 Å². The van der Waals surface area contributed by atoms with Gasteiger partial charge in [-0.05, 0) is 17.7 Å². The van der Waals surface area contributed by atoms with Gasteiger partial charge in [-0.15, -0.1) is 0 Å². The number of oxazole rings is 1. The number of carboxylic acid groups (broad SMARTS) is 1. The lowest BCUT2D eigenvalue weighted by molar-refractivity contribution is 0.0660. The molecular formula is C13H13NO5. The number of hydrogen-bond acceptors (Lipinski definition) is 5. The average molecular weight is 263 g/mol. The molecule has 0 spiro atoms. The molecule has 19 heavy (non-hydrogen) atoms. The summed E-state index contributed by atoms with van der Waals surface area (Å²) in [5.74, 6) is 0.265. The molecule has 0 amide bonds. The van der Waals surface area contributed by atoms with Crippen molar-refractivity contribution in [2.75, 3.05) is 14.2 Å². The van der Waals surface area contributed by atoms with E-state index in [9.17, 15) is 4.79 Å². The fraction of sp³-hybridized carbons (Fsp3) is 0.231. The van der Waals surface area contributed by atoms with Gasteiger partial charge >= 0.3 is 5.97 Å². The van der Waals surface area contributed by atoms with Crippen LogP contribution in [0.1, 0.15) is 22.0 Å². The van der Waals surface area contributed by atoms with Gasteiger partial charge in [-0.2, -0.15) is 0 Å². The summed E-state index contributed by atoms with van der Waals surface area (Å²) in [5.41, 5.74) is 0.886. The lowest BCUT2D eigenvalue weighted by atomic mass is 10.1. The van der Waals surface area contributed by atoms with Gasteiger partial charge < -0.3 is 19.0 Å². The van der Waals surface area contributed by atoms with Crippen LogP contribution in [0.25, 0.3) is 0 Å². The Labute approximate surface area is 109 Å². The van der Waals surface area contributed by atoms with E-state index in [0.29, 0.717) is 23.8 Å². The molecule has 0 saturated heterocycles. The molecule has 0 fully saturated rings. The van der Waals surface area contributed by atoms with Gasteiger partial charge in [0.1, 0.15) is 0 Å². The molecule has 6 heteroatoms. The first kappa shape index (κ1) is 12.9. The molecule has 0 atom stereocenters. The smallest absolute Gasteiger partial charge is 0.373 e. The molecule has 2 rings (SSSR count). The third-order valence-corrected chi connectivity index (χ3v) is 2.57. The van der Waals surface area contributed by atoms with Crippen LogP contribution in [0.2, 0.25) is 0 Å². The summed E-state index contributed by atoms with van der Waals surface area (Å²) >= 11 is 0. The van der Waals surface area contributed by atoms with E-state index in [2.05, 4.69) is 4.98 Å². The first-order chi connectivity index (χ1) is 9.13. The molecular weight excluding hydrogens is 250 g/mol. The molecule has 1 aromatic heterocycles. The van der Waals surface area contributed by atoms with Crippen molar-refractivity contribution in [1.82, 2.24) is 4.98 Å². The molecule has 1 aromatic carbocycles. The average Bonchev–Trinajstić information content (AvgIpc) is 2.87. The van der Waals surface area contributed by atoms with Crippen molar-refractivity contribution in [3.05, 3.63) is 41.6 Å². The molecule has 1 heterocycles. The van der Waals surface area contributed by atoms with Crippen molar-refractivity contribution in [2.24, 2.45) is 0 Å². The van der Waals surface area contributed by atoms with Crippen molar-refractivity contribution in [3.8, 4) is 11.5 Å². The van der Waals surface area contributed by atoms with E-state index in [1.807, 2.05) is 6.07 Å². The van der Waals surface area contributed by atoms with Crippen LogP contribution in [0.4, 0.5) is 0 Å². The zero-order chi connectivity index (χ0) is 13.8. The van der Waals surface area contributed by atoms with E-state index in [0.717, 1.165) is 5.56 Å². The Hall–Kier alpha value is -2.50. The van der Waals surface area contributed by atoms with E-state index >= 15 is 0 Å². The second kappa shape index (κ2) is 5.43. The molecule has 0 aliphatic heterocycles. The van der Waals surface area contributed by atoms with Gasteiger partial charge in [0.05, 0.1) is 20.4 Å². The van der Waals surface area contributed by atoms with E-state index in [1.165, 1.54) is 6.20 Å². The Morgan fingerprint density at radius 1 is 1.32 bits per heavy atom. The molecule has 0 saturated carbocycles. The molecule has 0 aliphatic carbocycles. The summed E-state index contributed by atoms with van der Waals surface area (Å²) in [7, 11) is 3.11. The van der Waals surface area contributed by atoms with Crippen molar-refractivity contribution < 1.29 is 23.8 Å². The summed E-state index contributed by atoms with van der Waals surface area (Å²) in [6.45, 7) is 0. The number of methoxy groups -OCH3 is 2. The minimum Gasteiger partial charge on any atom is -0.493 e. The molecule has 100 valence electrons. The van der Waals surface area contributed by atoms with E-state index < -0.39 is 5.97 Å². The molecule has 6 nitrogen and oxygen atoms in total. The largest absolute Gasteiger partial charge is 0.493 e. The molecule has 0 aliphatic rings. The van der Waals surface area contributed by atoms with Crippen molar-refractivity contribution in [1.29, 1.82) is 0 Å². The van der Waals surface area contributed by atoms with Crippen molar-refractivity contribution in [2.45, 2.75) is 6.42 Å². The molecule has 0 bridgehead atoms. The van der Waals surface area contributed by atoms with Gasteiger partial charge in [0.25, 0.3) is 0 Å². The van der Waals surface area contributed by atoms with Crippen LogP contribution in [0, 0.1) is 0 Å². The molecule has 2 aromatic rings. The Balaban J connectivity index is 2.20. The van der Waals surface area contributed by atoms with Crippen molar-refractivity contribution in [3.63, 3.8) is 0 Å². The Morgan fingerprint density at radius 2 is 2.05 bits per heavy atom. The van der Waals surface area contributed by atoms with Gasteiger partial charge in [-0.1, -0.05) is 6.07 Å². The molecule has 0 unspecified atom stereocenters. The fourth-order valence-corrected chi connectivity index (χ4v) is 1.66. The zero-order valence-electron chi connectivity index (χ0n) is 10.5. The van der Waals surface area contributed by atoms with Crippen molar-refractivity contribution >= 4 is 5.97 Å². The van der Waals surface area contributed by atoms with Gasteiger partial charge in [0.2, 0.25) is 5.76 Å². The van der Waals surface area contributed by atoms with Crippen LogP contribution in [-0.4, -0.2) is 30.3 Å². The van der Waals surface area contributed by atoms with Crippen LogP contribution < -0.4 is 9.47 Å². The Morgan fingerprint density at radius 3 is 2.63 bits per heavy atom. The van der Waals surface area contributed by atoms with Gasteiger partial charge in [-0.3, -0.25) is 0 Å². The minimum atomic E-state index is -1.13. The third-order valence-electron chi connectivity index (χ3n) is 2.57. The van der Waals surface area contributed by atoms with Crippen LogP contribution in [0.5, 0.6) is 11.5 Å². The quantitative estimate of drug-likeness (QED) is 0.888. The van der Waals surface area contributed by atoms with Gasteiger partial charge in [-0.25, -0.2) is 9.78 Å². The summed E-state index contributed by atoms with van der Waals surface area (Å²) < 4.78 is 15.4. The second-order valence-corrected chi connectivity index (χ2v) is 3.79. The molecule has 0 radical (unpaired) electrons. The Kier molecular flexibility index (Phi) is 3.70. The number of aromatic nitrogens is 1. The topological polar surface area (TPSA) is 81.8 Å². The SMILES string of the molecule is COc1ccc(Cc2ncc(C(=O)O)o2)cc1OC. The monoisotopic (exact) mass is 263 g/mol. The van der Waals surface area contributed by atoms with Crippen LogP contribution >= 0.6 is 0 Å². The predicted molar refractivity (Wildman–Crippen MR) is 65.8 cm³/mol. The third kappa shape index (κ3) is 2.85. The zero-order valence-corrected chi connectivity index (χ0v) is 10.5. The highest BCUT2D eigenvalue weighted by Crippen LogP contribution is 2.28. The number of nitrogens with zero attached hydrogens (tertiary/aromatic N) is 1. The Bertz CT molecular complexity index is 590. The first-order valence-corrected chi connectivity index (χ1v) is 5.53. The van der Waals surface area contributed by atoms with Crippen LogP contribution in [0.3, 0.4) is 0 Å². The number of ether oxygens (including phenoxy) is 2. The number of hydrogen-bond donors (Lipinski definition) is 1. The van der Waals surface area contributed by atoms with Crippen LogP contribution in [-0.2, 0) is 6.42 Å². The van der Waals surface area contributed by atoms with E-state index in [4.69, 9.17) is 19.0 Å². The number of carboxylic acids is 1. The summed E-state index contributed by atoms with van der Waals surface area (Å²) in [6.07, 6.45) is 1.58. The number of aromatic carboxylic acids is 1. The van der Waals surface area contributed by atoms with Crippen LogP contribution in [0.15, 0.2) is 28.8 Å². The van der Waals surface area contributed by atoms with E-state index in [1.54, 1.807) is 26.4 Å². The maximum absolute atomic E-state index is 10.7. The lowest BCUT2D eigenvalue weighted by Crippen LogP contribution is -1.94. The fourth-order valence-electron chi connectivity index (χ4n) is 1.66. The normalized spacial score (nSPS) is 10.2.